The Bertz CT molecular complexity index is 1060. The van der Waals surface area contributed by atoms with E-state index in [9.17, 15) is 0 Å². The van der Waals surface area contributed by atoms with Gasteiger partial charge in [0, 0.05) is 45.1 Å². The highest BCUT2D eigenvalue weighted by Crippen LogP contribution is 2.16. The van der Waals surface area contributed by atoms with E-state index in [0.717, 1.165) is 55.5 Å². The van der Waals surface area contributed by atoms with Crippen LogP contribution in [0.2, 0.25) is 0 Å². The maximum Gasteiger partial charge on any atom is 0.177 e. The molecule has 0 radical (unpaired) electrons. The Morgan fingerprint density at radius 3 is 2.81 bits per heavy atom. The van der Waals surface area contributed by atoms with Gasteiger partial charge in [-0.25, -0.2) is 4.98 Å². The third-order valence-electron chi connectivity index (χ3n) is 4.96. The van der Waals surface area contributed by atoms with Crippen LogP contribution in [0.15, 0.2) is 43.0 Å². The lowest BCUT2D eigenvalue weighted by molar-refractivity contribution is 0.247. The first-order valence-corrected chi connectivity index (χ1v) is 8.84. The predicted molar refractivity (Wildman–Crippen MR) is 98.2 cm³/mol. The minimum atomic E-state index is 0.773. The summed E-state index contributed by atoms with van der Waals surface area (Å²) in [5.41, 5.74) is 4.15. The topological polar surface area (TPSA) is 66.9 Å². The summed E-state index contributed by atoms with van der Waals surface area (Å²) >= 11 is 0. The summed E-state index contributed by atoms with van der Waals surface area (Å²) in [5.74, 6) is 0.973. The average molecular weight is 348 g/mol. The van der Waals surface area contributed by atoms with E-state index in [4.69, 9.17) is 4.98 Å². The van der Waals surface area contributed by atoms with Crippen LogP contribution in [0.4, 0.5) is 5.82 Å². The van der Waals surface area contributed by atoms with Crippen LogP contribution in [-0.2, 0) is 6.54 Å². The molecule has 1 fully saturated rings. The van der Waals surface area contributed by atoms with E-state index in [1.54, 1.807) is 10.8 Å². The molecule has 0 atom stereocenters. The molecule has 0 aromatic carbocycles. The summed E-state index contributed by atoms with van der Waals surface area (Å²) in [4.78, 5) is 9.55. The first kappa shape index (κ1) is 15.3. The normalized spacial score (nSPS) is 16.0. The lowest BCUT2D eigenvalue weighted by Crippen LogP contribution is -2.46. The largest absolute Gasteiger partial charge is 0.353 e. The van der Waals surface area contributed by atoms with E-state index in [0.29, 0.717) is 0 Å². The number of piperazine rings is 1. The summed E-state index contributed by atoms with van der Waals surface area (Å²) in [6, 6.07) is 8.14. The molecule has 1 saturated heterocycles. The number of pyridine rings is 1. The monoisotopic (exact) mass is 348 g/mol. The number of hydrogen-bond donors (Lipinski definition) is 0. The average Bonchev–Trinajstić information content (AvgIpc) is 3.29. The second-order valence-electron chi connectivity index (χ2n) is 6.74. The van der Waals surface area contributed by atoms with Crippen molar-refractivity contribution in [3.63, 3.8) is 0 Å². The lowest BCUT2D eigenvalue weighted by Gasteiger charge is -2.34. The number of aromatic nitrogens is 6. The number of fused-ring (bicyclic) bond motifs is 2. The molecule has 1 aliphatic heterocycles. The predicted octanol–water partition coefficient (Wildman–Crippen LogP) is 1.40. The SMILES string of the molecule is Cc1cccn2cc(CN3CCN(c4ccc5nncn5n4)CC3)nc12. The molecule has 0 saturated carbocycles. The molecule has 1 aliphatic rings. The highest BCUT2D eigenvalue weighted by Gasteiger charge is 2.19. The molecular formula is C18H20N8. The zero-order valence-electron chi connectivity index (χ0n) is 14.7. The fourth-order valence-electron chi connectivity index (χ4n) is 3.53. The molecule has 0 bridgehead atoms. The van der Waals surface area contributed by atoms with Crippen molar-refractivity contribution in [3.05, 3.63) is 54.2 Å². The smallest absolute Gasteiger partial charge is 0.177 e. The van der Waals surface area contributed by atoms with Crippen LogP contribution in [0.3, 0.4) is 0 Å². The first-order chi connectivity index (χ1) is 12.8. The fourth-order valence-corrected chi connectivity index (χ4v) is 3.53. The standard InChI is InChI=1S/C18H20N8/c1-14-3-2-6-25-12-15(20-18(14)25)11-23-7-9-24(10-8-23)17-5-4-16-21-19-13-26(16)22-17/h2-6,12-13H,7-11H2,1H3. The Balaban J connectivity index is 1.26. The van der Waals surface area contributed by atoms with Crippen LogP contribution >= 0.6 is 0 Å². The number of aryl methyl sites for hydroxylation is 1. The van der Waals surface area contributed by atoms with Gasteiger partial charge in [-0.2, -0.15) is 4.52 Å². The van der Waals surface area contributed by atoms with Crippen LogP contribution in [-0.4, -0.2) is 60.3 Å². The van der Waals surface area contributed by atoms with Gasteiger partial charge in [0.1, 0.15) is 17.8 Å². The number of anilines is 1. The van der Waals surface area contributed by atoms with Gasteiger partial charge in [-0.15, -0.1) is 15.3 Å². The van der Waals surface area contributed by atoms with Crippen molar-refractivity contribution in [2.24, 2.45) is 0 Å². The quantitative estimate of drug-likeness (QED) is 0.558. The van der Waals surface area contributed by atoms with Gasteiger partial charge < -0.3 is 9.30 Å². The molecule has 5 heterocycles. The Morgan fingerprint density at radius 1 is 1.08 bits per heavy atom. The van der Waals surface area contributed by atoms with Crippen molar-refractivity contribution >= 4 is 17.1 Å². The molecular weight excluding hydrogens is 328 g/mol. The Kier molecular flexibility index (Phi) is 3.56. The Morgan fingerprint density at radius 2 is 1.96 bits per heavy atom. The van der Waals surface area contributed by atoms with Gasteiger partial charge in [-0.05, 0) is 30.7 Å². The lowest BCUT2D eigenvalue weighted by atomic mass is 10.3. The first-order valence-electron chi connectivity index (χ1n) is 8.84. The second-order valence-corrected chi connectivity index (χ2v) is 6.74. The fraction of sp³-hybridized carbons (Fsp3) is 0.333. The molecule has 4 aromatic heterocycles. The molecule has 0 amide bonds. The van der Waals surface area contributed by atoms with Crippen LogP contribution in [0.25, 0.3) is 11.3 Å². The maximum atomic E-state index is 4.79. The van der Waals surface area contributed by atoms with E-state index < -0.39 is 0 Å². The molecule has 5 rings (SSSR count). The van der Waals surface area contributed by atoms with Gasteiger partial charge in [0.05, 0.1) is 5.69 Å². The summed E-state index contributed by atoms with van der Waals surface area (Å²) in [6.45, 7) is 6.88. The minimum absolute atomic E-state index is 0.773. The molecule has 8 nitrogen and oxygen atoms in total. The number of hydrogen-bond acceptors (Lipinski definition) is 6. The number of imidazole rings is 1. The van der Waals surface area contributed by atoms with Gasteiger partial charge in [0.2, 0.25) is 0 Å². The van der Waals surface area contributed by atoms with E-state index in [1.165, 1.54) is 5.56 Å². The summed E-state index contributed by atoms with van der Waals surface area (Å²) < 4.78 is 3.83. The maximum absolute atomic E-state index is 4.79. The minimum Gasteiger partial charge on any atom is -0.353 e. The molecule has 0 spiro atoms. The molecule has 0 unspecified atom stereocenters. The molecule has 26 heavy (non-hydrogen) atoms. The summed E-state index contributed by atoms with van der Waals surface area (Å²) in [7, 11) is 0. The van der Waals surface area contributed by atoms with Crippen molar-refractivity contribution in [1.29, 1.82) is 0 Å². The zero-order chi connectivity index (χ0) is 17.5. The second kappa shape index (κ2) is 6.06. The molecule has 8 heteroatoms. The van der Waals surface area contributed by atoms with E-state index >= 15 is 0 Å². The van der Waals surface area contributed by atoms with Crippen molar-refractivity contribution in [1.82, 2.24) is 34.1 Å². The van der Waals surface area contributed by atoms with Crippen LogP contribution in [0, 0.1) is 6.92 Å². The van der Waals surface area contributed by atoms with E-state index in [2.05, 4.69) is 60.9 Å². The van der Waals surface area contributed by atoms with Crippen LogP contribution in [0.5, 0.6) is 0 Å². The van der Waals surface area contributed by atoms with Gasteiger partial charge in [-0.3, -0.25) is 4.90 Å². The van der Waals surface area contributed by atoms with E-state index in [-0.39, 0.29) is 0 Å². The molecule has 4 aromatic rings. The van der Waals surface area contributed by atoms with Crippen LogP contribution in [0.1, 0.15) is 11.3 Å². The number of rotatable bonds is 3. The van der Waals surface area contributed by atoms with Gasteiger partial charge in [-0.1, -0.05) is 6.07 Å². The third-order valence-corrected chi connectivity index (χ3v) is 4.96. The van der Waals surface area contributed by atoms with Crippen molar-refractivity contribution < 1.29 is 0 Å². The summed E-state index contributed by atoms with van der Waals surface area (Å²) in [6.07, 6.45) is 5.83. The van der Waals surface area contributed by atoms with Gasteiger partial charge in [0.15, 0.2) is 5.65 Å². The zero-order valence-corrected chi connectivity index (χ0v) is 14.7. The van der Waals surface area contributed by atoms with E-state index in [1.807, 2.05) is 12.1 Å². The van der Waals surface area contributed by atoms with Gasteiger partial charge >= 0.3 is 0 Å². The molecule has 0 aliphatic carbocycles. The molecule has 132 valence electrons. The van der Waals surface area contributed by atoms with Crippen molar-refractivity contribution in [2.45, 2.75) is 13.5 Å². The summed E-state index contributed by atoms with van der Waals surface area (Å²) in [5, 5.41) is 12.5. The third kappa shape index (κ3) is 2.68. The molecule has 0 N–H and O–H groups in total. The highest BCUT2D eigenvalue weighted by molar-refractivity contribution is 5.48. The Hall–Kier alpha value is -3.00. The highest BCUT2D eigenvalue weighted by atomic mass is 15.4. The Labute approximate surface area is 150 Å². The van der Waals surface area contributed by atoms with Gasteiger partial charge in [0.25, 0.3) is 0 Å². The number of nitrogens with zero attached hydrogens (tertiary/aromatic N) is 8. The van der Waals surface area contributed by atoms with Crippen molar-refractivity contribution in [2.75, 3.05) is 31.1 Å². The van der Waals surface area contributed by atoms with Crippen LogP contribution < -0.4 is 4.90 Å². The van der Waals surface area contributed by atoms with Crippen molar-refractivity contribution in [3.8, 4) is 0 Å².